The van der Waals surface area contributed by atoms with E-state index < -0.39 is 0 Å². The number of aromatic nitrogens is 4. The van der Waals surface area contributed by atoms with Crippen LogP contribution in [-0.4, -0.2) is 25.2 Å². The Morgan fingerprint density at radius 1 is 1.24 bits per heavy atom. The molecule has 0 saturated carbocycles. The Kier molecular flexibility index (Phi) is 3.83. The summed E-state index contributed by atoms with van der Waals surface area (Å²) in [6.07, 6.45) is 4.53. The van der Waals surface area contributed by atoms with Crippen molar-refractivity contribution in [2.45, 2.75) is 39.3 Å². The maximum Gasteiger partial charge on any atom is 0.346 e. The zero-order chi connectivity index (χ0) is 17.4. The number of amides is 1. The molecule has 1 aromatic carbocycles. The van der Waals surface area contributed by atoms with E-state index in [2.05, 4.69) is 15.4 Å². The number of hydrogen-bond donors (Lipinski definition) is 1. The fraction of sp³-hybridized carbons (Fsp3) is 0.333. The van der Waals surface area contributed by atoms with Crippen LogP contribution in [0.15, 0.2) is 35.3 Å². The Morgan fingerprint density at radius 3 is 2.96 bits per heavy atom. The van der Waals surface area contributed by atoms with Crippen LogP contribution in [0.5, 0.6) is 0 Å². The van der Waals surface area contributed by atoms with Crippen LogP contribution in [-0.2, 0) is 24.3 Å². The van der Waals surface area contributed by atoms with Gasteiger partial charge >= 0.3 is 5.69 Å². The van der Waals surface area contributed by atoms with Crippen LogP contribution in [0, 0.1) is 6.92 Å². The molecule has 1 aliphatic heterocycles. The Bertz CT molecular complexity index is 1020. The highest BCUT2D eigenvalue weighted by Crippen LogP contribution is 2.24. The Labute approximate surface area is 144 Å². The molecule has 7 heteroatoms. The maximum atomic E-state index is 12.4. The van der Waals surface area contributed by atoms with E-state index in [1.165, 1.54) is 4.68 Å². The van der Waals surface area contributed by atoms with Crippen LogP contribution in [0.1, 0.15) is 24.4 Å². The lowest BCUT2D eigenvalue weighted by Gasteiger charge is -2.09. The number of pyridine rings is 1. The highest BCUT2D eigenvalue weighted by atomic mass is 16.2. The van der Waals surface area contributed by atoms with Gasteiger partial charge in [0.05, 0.1) is 0 Å². The van der Waals surface area contributed by atoms with E-state index in [4.69, 9.17) is 0 Å². The van der Waals surface area contributed by atoms with Gasteiger partial charge in [-0.2, -0.15) is 5.10 Å². The van der Waals surface area contributed by atoms with Gasteiger partial charge in [0.1, 0.15) is 12.4 Å². The lowest BCUT2D eigenvalue weighted by atomic mass is 10.1. The predicted molar refractivity (Wildman–Crippen MR) is 94.5 cm³/mol. The van der Waals surface area contributed by atoms with Gasteiger partial charge in [0.2, 0.25) is 5.91 Å². The largest absolute Gasteiger partial charge is 0.346 e. The number of nitrogens with one attached hydrogen (secondary N) is 1. The zero-order valence-corrected chi connectivity index (χ0v) is 14.0. The number of anilines is 1. The van der Waals surface area contributed by atoms with Crippen molar-refractivity contribution in [2.24, 2.45) is 0 Å². The van der Waals surface area contributed by atoms with Crippen LogP contribution < -0.4 is 11.0 Å². The van der Waals surface area contributed by atoms with Gasteiger partial charge in [-0.1, -0.05) is 12.1 Å². The third kappa shape index (κ3) is 2.82. The number of benzene rings is 1. The number of fused-ring (bicyclic) bond motifs is 2. The normalized spacial score (nSPS) is 13.6. The second-order valence-corrected chi connectivity index (χ2v) is 6.31. The molecule has 0 fully saturated rings. The van der Waals surface area contributed by atoms with E-state index in [1.54, 1.807) is 10.8 Å². The van der Waals surface area contributed by atoms with Crippen LogP contribution in [0.4, 0.5) is 5.69 Å². The fourth-order valence-corrected chi connectivity index (χ4v) is 3.34. The molecule has 0 atom stereocenters. The van der Waals surface area contributed by atoms with Crippen molar-refractivity contribution in [2.75, 3.05) is 5.32 Å². The van der Waals surface area contributed by atoms with Crippen LogP contribution >= 0.6 is 0 Å². The Hall–Kier alpha value is -2.96. The molecule has 1 amide bonds. The van der Waals surface area contributed by atoms with Crippen LogP contribution in [0.2, 0.25) is 0 Å². The molecule has 128 valence electrons. The van der Waals surface area contributed by atoms with Crippen molar-refractivity contribution in [3.8, 4) is 0 Å². The molecule has 0 aliphatic carbocycles. The smallest absolute Gasteiger partial charge is 0.324 e. The van der Waals surface area contributed by atoms with Gasteiger partial charge in [-0.05, 0) is 31.9 Å². The minimum atomic E-state index is -0.264. The van der Waals surface area contributed by atoms with Crippen molar-refractivity contribution >= 4 is 22.4 Å². The molecule has 0 saturated heterocycles. The summed E-state index contributed by atoms with van der Waals surface area (Å²) >= 11 is 0. The molecule has 1 aliphatic rings. The monoisotopic (exact) mass is 337 g/mol. The first-order chi connectivity index (χ1) is 12.1. The SMILES string of the molecule is Cc1nccc2c(NC(=O)Cn3nc4n(c3=O)CCCC4)cccc12. The van der Waals surface area contributed by atoms with Gasteiger partial charge in [-0.15, -0.1) is 0 Å². The number of aryl methyl sites for hydroxylation is 2. The molecule has 7 nitrogen and oxygen atoms in total. The van der Waals surface area contributed by atoms with E-state index in [1.807, 2.05) is 31.2 Å². The van der Waals surface area contributed by atoms with Gasteiger partial charge in [0, 0.05) is 41.3 Å². The van der Waals surface area contributed by atoms with Gasteiger partial charge in [-0.25, -0.2) is 9.48 Å². The zero-order valence-electron chi connectivity index (χ0n) is 14.0. The minimum Gasteiger partial charge on any atom is -0.324 e. The second kappa shape index (κ2) is 6.16. The predicted octanol–water partition coefficient (Wildman–Crippen LogP) is 1.88. The van der Waals surface area contributed by atoms with Gasteiger partial charge < -0.3 is 5.32 Å². The Balaban J connectivity index is 1.59. The third-order valence-corrected chi connectivity index (χ3v) is 4.60. The number of carbonyl (C=O) groups excluding carboxylic acids is 1. The van der Waals surface area contributed by atoms with Crippen molar-refractivity contribution in [3.63, 3.8) is 0 Å². The van der Waals surface area contributed by atoms with E-state index in [-0.39, 0.29) is 18.1 Å². The molecule has 0 unspecified atom stereocenters. The lowest BCUT2D eigenvalue weighted by Crippen LogP contribution is -2.30. The summed E-state index contributed by atoms with van der Waals surface area (Å²) in [5.41, 5.74) is 1.42. The molecule has 3 aromatic rings. The van der Waals surface area contributed by atoms with Crippen molar-refractivity contribution in [1.29, 1.82) is 0 Å². The fourth-order valence-electron chi connectivity index (χ4n) is 3.34. The molecular formula is C18H19N5O2. The first kappa shape index (κ1) is 15.6. The number of rotatable bonds is 3. The number of carbonyl (C=O) groups is 1. The van der Waals surface area contributed by atoms with E-state index in [0.29, 0.717) is 12.2 Å². The van der Waals surface area contributed by atoms with E-state index in [0.717, 1.165) is 41.6 Å². The summed E-state index contributed by atoms with van der Waals surface area (Å²) in [4.78, 5) is 29.0. The lowest BCUT2D eigenvalue weighted by molar-refractivity contribution is -0.117. The van der Waals surface area contributed by atoms with Gasteiger partial charge in [0.25, 0.3) is 0 Å². The summed E-state index contributed by atoms with van der Waals surface area (Å²) in [7, 11) is 0. The first-order valence-corrected chi connectivity index (χ1v) is 8.44. The maximum absolute atomic E-state index is 12.4. The van der Waals surface area contributed by atoms with E-state index >= 15 is 0 Å². The average Bonchev–Trinajstić information content (AvgIpc) is 2.92. The average molecular weight is 337 g/mol. The Morgan fingerprint density at radius 2 is 2.12 bits per heavy atom. The molecule has 2 aromatic heterocycles. The van der Waals surface area contributed by atoms with Crippen LogP contribution in [0.3, 0.4) is 0 Å². The standard InChI is InChI=1S/C18H19N5O2/c1-12-13-5-4-6-15(14(13)8-9-19-12)20-17(24)11-23-18(25)22-10-3-2-7-16(22)21-23/h4-6,8-9H,2-3,7,10-11H2,1H3,(H,20,24). The second-order valence-electron chi connectivity index (χ2n) is 6.31. The topological polar surface area (TPSA) is 81.8 Å². The first-order valence-electron chi connectivity index (χ1n) is 8.44. The summed E-state index contributed by atoms with van der Waals surface area (Å²) < 4.78 is 2.93. The molecule has 3 heterocycles. The summed E-state index contributed by atoms with van der Waals surface area (Å²) in [5, 5.41) is 9.12. The molecule has 4 rings (SSSR count). The van der Waals surface area contributed by atoms with Crippen molar-refractivity contribution in [1.82, 2.24) is 19.3 Å². The van der Waals surface area contributed by atoms with Gasteiger partial charge in [-0.3, -0.25) is 14.3 Å². The number of nitrogens with zero attached hydrogens (tertiary/aromatic N) is 4. The van der Waals surface area contributed by atoms with Gasteiger partial charge in [0.15, 0.2) is 0 Å². The van der Waals surface area contributed by atoms with Crippen LogP contribution in [0.25, 0.3) is 10.8 Å². The molecule has 0 spiro atoms. The minimum absolute atomic E-state index is 0.0840. The van der Waals surface area contributed by atoms with E-state index in [9.17, 15) is 9.59 Å². The molecular weight excluding hydrogens is 318 g/mol. The molecule has 0 bridgehead atoms. The highest BCUT2D eigenvalue weighted by Gasteiger charge is 2.18. The molecule has 0 radical (unpaired) electrons. The third-order valence-electron chi connectivity index (χ3n) is 4.60. The van der Waals surface area contributed by atoms with Crippen molar-refractivity contribution in [3.05, 3.63) is 52.5 Å². The summed E-state index contributed by atoms with van der Waals surface area (Å²) in [5.74, 6) is 0.510. The quantitative estimate of drug-likeness (QED) is 0.791. The summed E-state index contributed by atoms with van der Waals surface area (Å²) in [6.45, 7) is 2.54. The molecule has 1 N–H and O–H groups in total. The number of hydrogen-bond acceptors (Lipinski definition) is 4. The highest BCUT2D eigenvalue weighted by molar-refractivity contribution is 6.02. The summed E-state index contributed by atoms with van der Waals surface area (Å²) in [6, 6.07) is 7.58. The molecule has 25 heavy (non-hydrogen) atoms. The van der Waals surface area contributed by atoms with Crippen molar-refractivity contribution < 1.29 is 4.79 Å².